The number of aromatic nitrogens is 1. The number of ether oxygens (including phenoxy) is 2. The Kier molecular flexibility index (Phi) is 5.79. The summed E-state index contributed by atoms with van der Waals surface area (Å²) in [5.41, 5.74) is 5.48. The zero-order valence-electron chi connectivity index (χ0n) is 19.5. The highest BCUT2D eigenvalue weighted by molar-refractivity contribution is 7.13. The van der Waals surface area contributed by atoms with Gasteiger partial charge in [-0.05, 0) is 26.3 Å². The highest BCUT2D eigenvalue weighted by atomic mass is 32.1. The number of quaternary nitrogens is 1. The number of benzene rings is 2. The molecule has 1 radical (unpaired) electrons. The zero-order chi connectivity index (χ0) is 23.1. The first-order valence-electron chi connectivity index (χ1n) is 11.4. The lowest BCUT2D eigenvalue weighted by molar-refractivity contribution is -0.294. The van der Waals surface area contributed by atoms with Crippen LogP contribution in [0.1, 0.15) is 44.4 Å². The third kappa shape index (κ3) is 3.97. The second-order valence-electron chi connectivity index (χ2n) is 8.98. The van der Waals surface area contributed by atoms with Gasteiger partial charge in [0.15, 0.2) is 17.5 Å². The second kappa shape index (κ2) is 8.61. The molecule has 3 unspecified atom stereocenters. The van der Waals surface area contributed by atoms with Crippen molar-refractivity contribution >= 4 is 22.7 Å². The van der Waals surface area contributed by atoms with Crippen molar-refractivity contribution in [1.82, 2.24) is 9.58 Å². The summed E-state index contributed by atoms with van der Waals surface area (Å²) in [6, 6.07) is 18.7. The van der Waals surface area contributed by atoms with Gasteiger partial charge in [0.1, 0.15) is 12.7 Å². The lowest BCUT2D eigenvalue weighted by atomic mass is 9.98. The van der Waals surface area contributed by atoms with Crippen molar-refractivity contribution in [1.29, 1.82) is 0 Å². The molecule has 3 aromatic rings. The molecule has 1 aromatic heterocycles. The predicted octanol–water partition coefficient (Wildman–Crippen LogP) is 6.42. The van der Waals surface area contributed by atoms with Crippen LogP contribution in [0.3, 0.4) is 0 Å². The first-order chi connectivity index (χ1) is 15.9. The summed E-state index contributed by atoms with van der Waals surface area (Å²) in [5.74, 6) is -0.680. The first kappa shape index (κ1) is 22.2. The van der Waals surface area contributed by atoms with Crippen molar-refractivity contribution in [2.45, 2.75) is 52.0 Å². The molecule has 6 heteroatoms. The Balaban J connectivity index is 1.62. The van der Waals surface area contributed by atoms with E-state index in [0.717, 1.165) is 34.1 Å². The fourth-order valence-electron chi connectivity index (χ4n) is 4.60. The summed E-state index contributed by atoms with van der Waals surface area (Å²) in [7, 11) is 0. The molecule has 33 heavy (non-hydrogen) atoms. The van der Waals surface area contributed by atoms with Gasteiger partial charge in [-0.2, -0.15) is 4.98 Å². The normalized spacial score (nSPS) is 26.4. The van der Waals surface area contributed by atoms with Gasteiger partial charge >= 0.3 is 5.13 Å². The Bertz CT molecular complexity index is 1180. The highest BCUT2D eigenvalue weighted by Gasteiger charge is 2.56. The minimum atomic E-state index is -0.680. The molecular formula is C27H29N3O2S+. The van der Waals surface area contributed by atoms with Crippen LogP contribution in [0.4, 0.5) is 5.13 Å². The third-order valence-corrected chi connectivity index (χ3v) is 7.24. The van der Waals surface area contributed by atoms with Crippen molar-refractivity contribution < 1.29 is 9.47 Å². The van der Waals surface area contributed by atoms with Crippen LogP contribution >= 0.6 is 11.3 Å². The van der Waals surface area contributed by atoms with E-state index in [4.69, 9.17) is 19.6 Å². The minimum absolute atomic E-state index is 0.126. The van der Waals surface area contributed by atoms with Crippen molar-refractivity contribution in [3.05, 3.63) is 82.9 Å². The second-order valence-corrected chi connectivity index (χ2v) is 9.82. The van der Waals surface area contributed by atoms with Gasteiger partial charge in [-0.3, -0.25) is 0 Å². The topological polar surface area (TPSA) is 43.7 Å². The molecular weight excluding hydrogens is 430 g/mol. The van der Waals surface area contributed by atoms with Crippen LogP contribution in [0, 0.1) is 13.0 Å². The van der Waals surface area contributed by atoms with Gasteiger partial charge < -0.3 is 9.47 Å². The number of rotatable bonds is 5. The van der Waals surface area contributed by atoms with E-state index in [1.54, 1.807) is 17.6 Å². The zero-order valence-corrected chi connectivity index (χ0v) is 20.3. The predicted molar refractivity (Wildman–Crippen MR) is 134 cm³/mol. The van der Waals surface area contributed by atoms with Gasteiger partial charge in [0.05, 0.1) is 18.0 Å². The number of hydrogen-bond acceptors (Lipinski definition) is 5. The summed E-state index contributed by atoms with van der Waals surface area (Å²) >= 11 is 1.63. The largest absolute Gasteiger partial charge is 0.344 e. The molecule has 1 saturated heterocycles. The van der Waals surface area contributed by atoms with E-state index in [9.17, 15) is 0 Å². The van der Waals surface area contributed by atoms with Crippen molar-refractivity contribution in [3.63, 3.8) is 0 Å². The maximum atomic E-state index is 6.55. The molecule has 5 nitrogen and oxygen atoms in total. The standard InChI is InChI=1S/C27H29N3O2S/c1-5-22-15-16-28-30(22,26-29-23(18-33-26)20-13-11-19(2)12-14-20)24-17-31-27(3,4)32-25(24)21-9-7-6-8-10-21/h6-14,16,18,24-25H,5,17H2,1-4H3/q+1. The van der Waals surface area contributed by atoms with Crippen LogP contribution in [0.2, 0.25) is 0 Å². The van der Waals surface area contributed by atoms with Gasteiger partial charge in [-0.25, -0.2) is 0 Å². The Morgan fingerprint density at radius 2 is 1.88 bits per heavy atom. The Hall–Kier alpha value is -2.64. The minimum Gasteiger partial charge on any atom is -0.344 e. The quantitative estimate of drug-likeness (QED) is 0.414. The molecule has 5 rings (SSSR count). The van der Waals surface area contributed by atoms with E-state index < -0.39 is 5.79 Å². The molecule has 2 aliphatic rings. The Morgan fingerprint density at radius 1 is 1.12 bits per heavy atom. The van der Waals surface area contributed by atoms with E-state index in [-0.39, 0.29) is 16.7 Å². The van der Waals surface area contributed by atoms with E-state index >= 15 is 0 Å². The molecule has 2 aliphatic heterocycles. The van der Waals surface area contributed by atoms with Crippen molar-refractivity contribution in [2.75, 3.05) is 6.61 Å². The van der Waals surface area contributed by atoms with Crippen molar-refractivity contribution in [3.8, 4) is 11.3 Å². The van der Waals surface area contributed by atoms with Gasteiger partial charge in [0, 0.05) is 17.4 Å². The Morgan fingerprint density at radius 3 is 2.61 bits per heavy atom. The maximum Gasteiger partial charge on any atom is 0.319 e. The van der Waals surface area contributed by atoms with E-state index in [1.807, 2.05) is 19.9 Å². The lowest BCUT2D eigenvalue weighted by Crippen LogP contribution is -2.60. The number of allylic oxidation sites excluding steroid dienone is 2. The summed E-state index contributed by atoms with van der Waals surface area (Å²) in [6.45, 7) is 8.67. The molecule has 3 atom stereocenters. The SMILES string of the molecule is CCC1=[C]C=N[N+]1(c1nc(-c2ccc(C)cc2)cs1)C1COC(C)(C)OC1c1ccccc1. The molecule has 0 saturated carbocycles. The van der Waals surface area contributed by atoms with E-state index in [2.05, 4.69) is 73.8 Å². The average Bonchev–Trinajstić information content (AvgIpc) is 3.47. The van der Waals surface area contributed by atoms with Gasteiger partial charge in [-0.1, -0.05) is 83.5 Å². The monoisotopic (exact) mass is 459 g/mol. The molecule has 1 fully saturated rings. The average molecular weight is 460 g/mol. The maximum absolute atomic E-state index is 6.55. The lowest BCUT2D eigenvalue weighted by Gasteiger charge is -2.46. The molecule has 0 amide bonds. The Labute approximate surface area is 199 Å². The smallest absolute Gasteiger partial charge is 0.319 e. The fourth-order valence-corrected chi connectivity index (χ4v) is 5.61. The molecule has 0 spiro atoms. The van der Waals surface area contributed by atoms with Gasteiger partial charge in [0.2, 0.25) is 0 Å². The molecule has 169 valence electrons. The molecule has 0 bridgehead atoms. The fraction of sp³-hybridized carbons (Fsp3) is 0.333. The van der Waals surface area contributed by atoms with Crippen LogP contribution in [-0.4, -0.2) is 29.6 Å². The molecule has 2 aromatic carbocycles. The molecule has 3 heterocycles. The number of thiazole rings is 1. The van der Waals surface area contributed by atoms with Crippen LogP contribution in [-0.2, 0) is 9.47 Å². The highest BCUT2D eigenvalue weighted by Crippen LogP contribution is 2.47. The van der Waals surface area contributed by atoms with E-state index in [1.165, 1.54) is 5.56 Å². The number of aryl methyl sites for hydroxylation is 1. The first-order valence-corrected chi connectivity index (χ1v) is 12.3. The van der Waals surface area contributed by atoms with Crippen LogP contribution in [0.25, 0.3) is 11.3 Å². The summed E-state index contributed by atoms with van der Waals surface area (Å²) in [6.07, 6.45) is 5.78. The molecule has 0 N–H and O–H groups in total. The number of hydrogen-bond donors (Lipinski definition) is 0. The van der Waals surface area contributed by atoms with E-state index in [0.29, 0.717) is 6.61 Å². The van der Waals surface area contributed by atoms with Crippen molar-refractivity contribution in [2.24, 2.45) is 5.10 Å². The molecule has 0 aliphatic carbocycles. The van der Waals surface area contributed by atoms with Gasteiger partial charge in [0.25, 0.3) is 0 Å². The summed E-state index contributed by atoms with van der Waals surface area (Å²) in [4.78, 5) is 5.11. The van der Waals surface area contributed by atoms with Gasteiger partial charge in [-0.15, -0.1) is 4.59 Å². The van der Waals surface area contributed by atoms with Crippen LogP contribution < -0.4 is 4.59 Å². The third-order valence-electron chi connectivity index (χ3n) is 6.32. The van der Waals surface area contributed by atoms with Crippen LogP contribution in [0.5, 0.6) is 0 Å². The summed E-state index contributed by atoms with van der Waals surface area (Å²) < 4.78 is 13.0. The summed E-state index contributed by atoms with van der Waals surface area (Å²) in [5, 5.41) is 8.03. The number of nitrogens with zero attached hydrogens (tertiary/aromatic N) is 3. The van der Waals surface area contributed by atoms with Crippen LogP contribution in [0.15, 0.2) is 70.8 Å².